The maximum Gasteiger partial charge on any atom is 0.356 e. The molecule has 0 aromatic carbocycles. The van der Waals surface area contributed by atoms with E-state index in [-0.39, 0.29) is 6.54 Å². The molecular weight excluding hydrogens is 322 g/mol. The minimum atomic E-state index is -4.08. The predicted octanol–water partition coefficient (Wildman–Crippen LogP) is -0.776. The number of ether oxygens (including phenoxy) is 1. The largest absolute Gasteiger partial charge is 0.476 e. The molecule has 0 saturated heterocycles. The Bertz CT molecular complexity index is 612. The Morgan fingerprint density at radius 3 is 2.76 bits per heavy atom. The van der Waals surface area contributed by atoms with Crippen LogP contribution in [0.4, 0.5) is 0 Å². The number of carboxylic acid groups (broad SMARTS) is 1. The molecule has 1 heterocycles. The van der Waals surface area contributed by atoms with Crippen molar-refractivity contribution in [2.45, 2.75) is 4.21 Å². The van der Waals surface area contributed by atoms with Gasteiger partial charge >= 0.3 is 5.97 Å². The van der Waals surface area contributed by atoms with Gasteiger partial charge in [-0.3, -0.25) is 4.79 Å². The van der Waals surface area contributed by atoms with Gasteiger partial charge in [0, 0.05) is 20.7 Å². The average Bonchev–Trinajstić information content (AvgIpc) is 2.88. The fourth-order valence-corrected chi connectivity index (χ4v) is 3.80. The van der Waals surface area contributed by atoms with Crippen molar-refractivity contribution in [2.24, 2.45) is 0 Å². The number of carboxylic acids is 1. The van der Waals surface area contributed by atoms with E-state index >= 15 is 0 Å². The normalized spacial score (nSPS) is 11.6. The summed E-state index contributed by atoms with van der Waals surface area (Å²) >= 11 is 0.688. The zero-order valence-electron chi connectivity index (χ0n) is 11.4. The van der Waals surface area contributed by atoms with Gasteiger partial charge in [0.15, 0.2) is 9.90 Å². The molecule has 0 fully saturated rings. The second kappa shape index (κ2) is 7.45. The summed E-state index contributed by atoms with van der Waals surface area (Å²) in [5, 5.41) is 11.4. The van der Waals surface area contributed by atoms with E-state index in [0.717, 1.165) is 9.82 Å². The van der Waals surface area contributed by atoms with Crippen LogP contribution >= 0.6 is 11.3 Å². The summed E-state index contributed by atoms with van der Waals surface area (Å²) in [6.45, 7) is 0.132. The van der Waals surface area contributed by atoms with Crippen molar-refractivity contribution in [3.8, 4) is 0 Å². The van der Waals surface area contributed by atoms with Crippen molar-refractivity contribution in [1.82, 2.24) is 14.6 Å². The van der Waals surface area contributed by atoms with Crippen molar-refractivity contribution >= 4 is 33.2 Å². The Kier molecular flexibility index (Phi) is 6.20. The van der Waals surface area contributed by atoms with Crippen LogP contribution in [-0.4, -0.2) is 68.5 Å². The van der Waals surface area contributed by atoms with Gasteiger partial charge in [0.05, 0.1) is 18.7 Å². The quantitative estimate of drug-likeness (QED) is 0.596. The van der Waals surface area contributed by atoms with Crippen LogP contribution in [0.25, 0.3) is 0 Å². The molecule has 0 radical (unpaired) electrons. The molecule has 1 aromatic heterocycles. The Morgan fingerprint density at radius 2 is 2.19 bits per heavy atom. The molecule has 2 N–H and O–H groups in total. The fourth-order valence-electron chi connectivity index (χ4n) is 1.34. The van der Waals surface area contributed by atoms with Gasteiger partial charge in [-0.15, -0.1) is 11.3 Å². The minimum absolute atomic E-state index is 0.254. The number of likely N-dealkylation sites (N-methyl/N-ethyl adjacent to an activating group) is 1. The third-order valence-corrected chi connectivity index (χ3v) is 5.53. The van der Waals surface area contributed by atoms with Crippen molar-refractivity contribution in [3.63, 3.8) is 0 Å². The van der Waals surface area contributed by atoms with Gasteiger partial charge in [0.1, 0.15) is 0 Å². The summed E-state index contributed by atoms with van der Waals surface area (Å²) in [7, 11) is -1.42. The van der Waals surface area contributed by atoms with Crippen LogP contribution in [0.3, 0.4) is 0 Å². The molecule has 0 unspecified atom stereocenters. The number of nitrogens with zero attached hydrogens (tertiary/aromatic N) is 2. The summed E-state index contributed by atoms with van der Waals surface area (Å²) in [6.07, 6.45) is 0. The summed E-state index contributed by atoms with van der Waals surface area (Å²) in [5.41, 5.74) is 0.578. The van der Waals surface area contributed by atoms with E-state index in [1.165, 1.54) is 14.2 Å². The van der Waals surface area contributed by atoms with E-state index in [9.17, 15) is 18.0 Å². The Labute approximate surface area is 125 Å². The molecule has 118 valence electrons. The molecule has 0 atom stereocenters. The number of rotatable bonds is 8. The van der Waals surface area contributed by atoms with Crippen LogP contribution in [0.2, 0.25) is 0 Å². The molecule has 0 aliphatic rings. The Balaban J connectivity index is 2.80. The number of nitrogens with one attached hydrogen (secondary N) is 1. The first-order chi connectivity index (χ1) is 9.80. The molecule has 9 nitrogen and oxygen atoms in total. The number of amides is 1. The van der Waals surface area contributed by atoms with E-state index in [1.54, 1.807) is 0 Å². The molecule has 0 aliphatic heterocycles. The number of methoxy groups -OCH3 is 1. The first-order valence-electron chi connectivity index (χ1n) is 5.69. The summed E-state index contributed by atoms with van der Waals surface area (Å²) in [6, 6.07) is 0. The van der Waals surface area contributed by atoms with Crippen LogP contribution in [-0.2, 0) is 19.6 Å². The first kappa shape index (κ1) is 17.5. The molecule has 1 aromatic rings. The van der Waals surface area contributed by atoms with Crippen LogP contribution in [0.15, 0.2) is 9.72 Å². The summed E-state index contributed by atoms with van der Waals surface area (Å²) < 4.78 is 29.5. The van der Waals surface area contributed by atoms with Crippen LogP contribution < -0.4 is 5.32 Å². The number of aromatic carboxylic acids is 1. The Morgan fingerprint density at radius 1 is 1.52 bits per heavy atom. The van der Waals surface area contributed by atoms with Gasteiger partial charge in [-0.2, -0.15) is 4.31 Å². The number of sulfonamides is 1. The second-order valence-corrected chi connectivity index (χ2v) is 6.99. The molecule has 0 aliphatic carbocycles. The molecular formula is C10H15N3O6S2. The molecule has 0 spiro atoms. The highest BCUT2D eigenvalue weighted by Crippen LogP contribution is 2.23. The third-order valence-electron chi connectivity index (χ3n) is 2.38. The van der Waals surface area contributed by atoms with E-state index in [1.807, 2.05) is 0 Å². The standard InChI is InChI=1S/C10H15N3O6S2/c1-13(5-7(14)11-3-4-19-2)21(17,18)10-8(9(15)16)12-6-20-10/h6H,3-5H2,1-2H3,(H,11,14)(H,15,16). The number of thiazole rings is 1. The Hall–Kier alpha value is -1.56. The molecule has 0 bridgehead atoms. The SMILES string of the molecule is COCCNC(=O)CN(C)S(=O)(=O)c1scnc1C(=O)O. The highest BCUT2D eigenvalue weighted by molar-refractivity contribution is 7.91. The van der Waals surface area contributed by atoms with Gasteiger partial charge in [-0.25, -0.2) is 18.2 Å². The van der Waals surface area contributed by atoms with Gasteiger partial charge in [-0.1, -0.05) is 0 Å². The monoisotopic (exact) mass is 337 g/mol. The van der Waals surface area contributed by atoms with E-state index in [0.29, 0.717) is 17.9 Å². The minimum Gasteiger partial charge on any atom is -0.476 e. The lowest BCUT2D eigenvalue weighted by Crippen LogP contribution is -2.39. The molecule has 1 rings (SSSR count). The number of carbonyl (C=O) groups excluding carboxylic acids is 1. The highest BCUT2D eigenvalue weighted by atomic mass is 32.2. The van der Waals surface area contributed by atoms with E-state index < -0.39 is 38.3 Å². The topological polar surface area (TPSA) is 126 Å². The predicted molar refractivity (Wildman–Crippen MR) is 73.8 cm³/mol. The number of hydrogen-bond acceptors (Lipinski definition) is 7. The maximum atomic E-state index is 12.2. The number of aromatic nitrogens is 1. The first-order valence-corrected chi connectivity index (χ1v) is 8.01. The lowest BCUT2D eigenvalue weighted by molar-refractivity contribution is -0.121. The summed E-state index contributed by atoms with van der Waals surface area (Å²) in [4.78, 5) is 26.0. The third kappa shape index (κ3) is 4.46. The van der Waals surface area contributed by atoms with Crippen LogP contribution in [0, 0.1) is 0 Å². The van der Waals surface area contributed by atoms with E-state index in [2.05, 4.69) is 10.3 Å². The van der Waals surface area contributed by atoms with Gasteiger partial charge in [0.25, 0.3) is 10.0 Å². The highest BCUT2D eigenvalue weighted by Gasteiger charge is 2.30. The van der Waals surface area contributed by atoms with Crippen molar-refractivity contribution in [3.05, 3.63) is 11.2 Å². The lowest BCUT2D eigenvalue weighted by Gasteiger charge is -2.15. The number of carbonyl (C=O) groups is 2. The van der Waals surface area contributed by atoms with Crippen molar-refractivity contribution < 1.29 is 27.9 Å². The van der Waals surface area contributed by atoms with Gasteiger partial charge < -0.3 is 15.2 Å². The number of hydrogen-bond donors (Lipinski definition) is 2. The molecule has 21 heavy (non-hydrogen) atoms. The van der Waals surface area contributed by atoms with E-state index in [4.69, 9.17) is 9.84 Å². The van der Waals surface area contributed by atoms with Crippen molar-refractivity contribution in [1.29, 1.82) is 0 Å². The zero-order chi connectivity index (χ0) is 16.0. The van der Waals surface area contributed by atoms with Gasteiger partial charge in [0.2, 0.25) is 5.91 Å². The molecule has 11 heteroatoms. The summed E-state index contributed by atoms with van der Waals surface area (Å²) in [5.74, 6) is -1.95. The molecule has 0 saturated carbocycles. The lowest BCUT2D eigenvalue weighted by atomic mass is 10.5. The zero-order valence-corrected chi connectivity index (χ0v) is 13.0. The average molecular weight is 337 g/mol. The second-order valence-electron chi connectivity index (χ2n) is 3.90. The van der Waals surface area contributed by atoms with Crippen molar-refractivity contribution in [2.75, 3.05) is 33.9 Å². The van der Waals surface area contributed by atoms with Crippen LogP contribution in [0.5, 0.6) is 0 Å². The fraction of sp³-hybridized carbons (Fsp3) is 0.500. The van der Waals surface area contributed by atoms with Gasteiger partial charge in [-0.05, 0) is 0 Å². The maximum absolute atomic E-state index is 12.2. The molecule has 1 amide bonds. The van der Waals surface area contributed by atoms with Crippen LogP contribution in [0.1, 0.15) is 10.5 Å². The smallest absolute Gasteiger partial charge is 0.356 e.